The van der Waals surface area contributed by atoms with Gasteiger partial charge in [-0.1, -0.05) is 6.92 Å². The van der Waals surface area contributed by atoms with Gasteiger partial charge in [0.15, 0.2) is 0 Å². The summed E-state index contributed by atoms with van der Waals surface area (Å²) in [4.78, 5) is 12.8. The monoisotopic (exact) mass is 259 g/mol. The van der Waals surface area contributed by atoms with Crippen molar-refractivity contribution in [1.29, 1.82) is 0 Å². The zero-order valence-electron chi connectivity index (χ0n) is 11.4. The van der Waals surface area contributed by atoms with Crippen LogP contribution < -0.4 is 11.5 Å². The molecule has 19 heavy (non-hydrogen) atoms. The number of aromatic nitrogens is 3. The van der Waals surface area contributed by atoms with Crippen molar-refractivity contribution in [3.8, 4) is 0 Å². The average molecular weight is 259 g/mol. The van der Waals surface area contributed by atoms with E-state index in [1.54, 1.807) is 0 Å². The summed E-state index contributed by atoms with van der Waals surface area (Å²) in [5.74, 6) is 3.07. The Labute approximate surface area is 113 Å². The molecule has 0 spiro atoms. The fourth-order valence-electron chi connectivity index (χ4n) is 5.63. The third-order valence-electron chi connectivity index (χ3n) is 5.50. The summed E-state index contributed by atoms with van der Waals surface area (Å²) in [6.07, 6.45) is 7.76. The second-order valence-electron chi connectivity index (χ2n) is 7.43. The van der Waals surface area contributed by atoms with E-state index in [1.165, 1.54) is 38.5 Å². The van der Waals surface area contributed by atoms with Gasteiger partial charge in [-0.2, -0.15) is 15.0 Å². The van der Waals surface area contributed by atoms with E-state index in [0.717, 1.165) is 17.7 Å². The SMILES string of the molecule is CC12CC3CC(C1)CC(c1nc(N)nc(N)n1)(C3)C2. The first-order chi connectivity index (χ1) is 8.96. The standard InChI is InChI=1S/C14H21N5/c1-13-3-8-2-9(4-13)6-14(5-8,7-13)10-17-11(15)19-12(16)18-10/h8-9H,2-7H2,1H3,(H4,15,16,17,18,19). The van der Waals surface area contributed by atoms with Gasteiger partial charge >= 0.3 is 0 Å². The lowest BCUT2D eigenvalue weighted by Gasteiger charge is -2.60. The second-order valence-corrected chi connectivity index (χ2v) is 7.43. The molecule has 1 heterocycles. The van der Waals surface area contributed by atoms with E-state index >= 15 is 0 Å². The molecule has 0 aromatic carbocycles. The molecule has 0 aliphatic heterocycles. The molecule has 4 aliphatic carbocycles. The predicted octanol–water partition coefficient (Wildman–Crippen LogP) is 1.89. The number of rotatable bonds is 1. The van der Waals surface area contributed by atoms with Gasteiger partial charge in [-0.15, -0.1) is 0 Å². The molecule has 0 saturated heterocycles. The van der Waals surface area contributed by atoms with Gasteiger partial charge in [0.2, 0.25) is 11.9 Å². The first kappa shape index (κ1) is 11.4. The van der Waals surface area contributed by atoms with Crippen LogP contribution in [0.5, 0.6) is 0 Å². The molecule has 1 aromatic rings. The Morgan fingerprint density at radius 1 is 0.947 bits per heavy atom. The fraction of sp³-hybridized carbons (Fsp3) is 0.786. The lowest BCUT2D eigenvalue weighted by Crippen LogP contribution is -2.53. The number of hydrogen-bond acceptors (Lipinski definition) is 5. The molecule has 4 N–H and O–H groups in total. The van der Waals surface area contributed by atoms with E-state index in [-0.39, 0.29) is 17.3 Å². The molecule has 5 heteroatoms. The van der Waals surface area contributed by atoms with Crippen molar-refractivity contribution < 1.29 is 0 Å². The van der Waals surface area contributed by atoms with E-state index in [9.17, 15) is 0 Å². The molecule has 4 aliphatic rings. The van der Waals surface area contributed by atoms with Crippen LogP contribution >= 0.6 is 0 Å². The van der Waals surface area contributed by atoms with Crippen LogP contribution in [0.15, 0.2) is 0 Å². The number of anilines is 2. The van der Waals surface area contributed by atoms with E-state index in [2.05, 4.69) is 21.9 Å². The van der Waals surface area contributed by atoms with Crippen molar-refractivity contribution in [3.63, 3.8) is 0 Å². The van der Waals surface area contributed by atoms with Gasteiger partial charge in [0.25, 0.3) is 0 Å². The molecule has 4 fully saturated rings. The van der Waals surface area contributed by atoms with Crippen molar-refractivity contribution in [3.05, 3.63) is 5.82 Å². The van der Waals surface area contributed by atoms with Crippen LogP contribution in [0.2, 0.25) is 0 Å². The quantitative estimate of drug-likeness (QED) is 0.803. The minimum atomic E-state index is 0.115. The summed E-state index contributed by atoms with van der Waals surface area (Å²) >= 11 is 0. The van der Waals surface area contributed by atoms with E-state index < -0.39 is 0 Å². The van der Waals surface area contributed by atoms with Crippen LogP contribution in [-0.2, 0) is 5.41 Å². The first-order valence-electron chi connectivity index (χ1n) is 7.24. The van der Waals surface area contributed by atoms with Gasteiger partial charge < -0.3 is 11.5 Å². The molecule has 1 aromatic heterocycles. The zero-order chi connectivity index (χ0) is 13.3. The van der Waals surface area contributed by atoms with Crippen LogP contribution in [0.4, 0.5) is 11.9 Å². The van der Waals surface area contributed by atoms with E-state index in [4.69, 9.17) is 11.5 Å². The zero-order valence-corrected chi connectivity index (χ0v) is 11.4. The van der Waals surface area contributed by atoms with Gasteiger partial charge in [0.1, 0.15) is 5.82 Å². The van der Waals surface area contributed by atoms with Crippen molar-refractivity contribution in [2.45, 2.75) is 50.9 Å². The minimum Gasteiger partial charge on any atom is -0.368 e. The van der Waals surface area contributed by atoms with Crippen molar-refractivity contribution in [2.75, 3.05) is 11.5 Å². The number of nitrogens with two attached hydrogens (primary N) is 2. The maximum atomic E-state index is 5.77. The largest absolute Gasteiger partial charge is 0.368 e. The van der Waals surface area contributed by atoms with Crippen molar-refractivity contribution in [2.24, 2.45) is 17.3 Å². The molecule has 4 saturated carbocycles. The van der Waals surface area contributed by atoms with Crippen molar-refractivity contribution in [1.82, 2.24) is 15.0 Å². The topological polar surface area (TPSA) is 90.7 Å². The molecule has 5 rings (SSSR count). The van der Waals surface area contributed by atoms with Gasteiger partial charge in [-0.25, -0.2) is 0 Å². The summed E-state index contributed by atoms with van der Waals surface area (Å²) in [5.41, 5.74) is 12.1. The maximum Gasteiger partial charge on any atom is 0.225 e. The molecule has 2 unspecified atom stereocenters. The number of hydrogen-bond donors (Lipinski definition) is 2. The maximum absolute atomic E-state index is 5.77. The Balaban J connectivity index is 1.81. The van der Waals surface area contributed by atoms with Gasteiger partial charge in [0, 0.05) is 5.41 Å². The lowest BCUT2D eigenvalue weighted by atomic mass is 9.44. The highest BCUT2D eigenvalue weighted by atomic mass is 15.1. The van der Waals surface area contributed by atoms with Crippen molar-refractivity contribution >= 4 is 11.9 Å². The number of nitrogen functional groups attached to an aromatic ring is 2. The highest BCUT2D eigenvalue weighted by Gasteiger charge is 2.57. The second kappa shape index (κ2) is 3.38. The van der Waals surface area contributed by atoms with Gasteiger partial charge in [-0.3, -0.25) is 0 Å². The Kier molecular flexibility index (Phi) is 2.03. The Morgan fingerprint density at radius 2 is 1.53 bits per heavy atom. The molecule has 4 bridgehead atoms. The summed E-state index contributed by atoms with van der Waals surface area (Å²) in [5, 5.41) is 0. The van der Waals surface area contributed by atoms with Crippen LogP contribution in [-0.4, -0.2) is 15.0 Å². The third kappa shape index (κ3) is 1.63. The predicted molar refractivity (Wildman–Crippen MR) is 73.1 cm³/mol. The van der Waals surface area contributed by atoms with E-state index in [0.29, 0.717) is 5.41 Å². The van der Waals surface area contributed by atoms with Crippen LogP contribution in [0.1, 0.15) is 51.3 Å². The smallest absolute Gasteiger partial charge is 0.225 e. The van der Waals surface area contributed by atoms with Gasteiger partial charge in [0.05, 0.1) is 0 Å². The van der Waals surface area contributed by atoms with Crippen LogP contribution in [0.25, 0.3) is 0 Å². The normalized spacial score (nSPS) is 43.6. The Morgan fingerprint density at radius 3 is 2.05 bits per heavy atom. The lowest BCUT2D eigenvalue weighted by molar-refractivity contribution is -0.0648. The highest BCUT2D eigenvalue weighted by molar-refractivity contribution is 5.30. The third-order valence-corrected chi connectivity index (χ3v) is 5.50. The highest BCUT2D eigenvalue weighted by Crippen LogP contribution is 2.65. The molecule has 0 amide bonds. The molecular weight excluding hydrogens is 238 g/mol. The van der Waals surface area contributed by atoms with Crippen LogP contribution in [0.3, 0.4) is 0 Å². The summed E-state index contributed by atoms with van der Waals surface area (Å²) < 4.78 is 0. The minimum absolute atomic E-state index is 0.115. The molecule has 2 atom stereocenters. The average Bonchev–Trinajstić information content (AvgIpc) is 2.23. The molecular formula is C14H21N5. The number of nitrogens with zero attached hydrogens (tertiary/aromatic N) is 3. The summed E-state index contributed by atoms with van der Waals surface area (Å²) in [6.45, 7) is 2.44. The molecule has 0 radical (unpaired) electrons. The van der Waals surface area contributed by atoms with Crippen LogP contribution in [0, 0.1) is 17.3 Å². The Bertz CT molecular complexity index is 506. The molecule has 102 valence electrons. The summed E-state index contributed by atoms with van der Waals surface area (Å²) in [6, 6.07) is 0. The first-order valence-corrected chi connectivity index (χ1v) is 7.24. The van der Waals surface area contributed by atoms with Gasteiger partial charge in [-0.05, 0) is 55.8 Å². The Hall–Kier alpha value is -1.39. The fourth-order valence-corrected chi connectivity index (χ4v) is 5.63. The van der Waals surface area contributed by atoms with E-state index in [1.807, 2.05) is 0 Å². The summed E-state index contributed by atoms with van der Waals surface area (Å²) in [7, 11) is 0. The molecule has 5 nitrogen and oxygen atoms in total.